The number of carbonyl (C=O) groups excluding carboxylic acids is 2. The van der Waals surface area contributed by atoms with Crippen molar-refractivity contribution in [3.63, 3.8) is 0 Å². The molecule has 0 saturated heterocycles. The van der Waals surface area contributed by atoms with Gasteiger partial charge in [-0.05, 0) is 18.8 Å². The number of ketones is 2. The van der Waals surface area contributed by atoms with Crippen molar-refractivity contribution in [2.24, 2.45) is 5.92 Å². The molecule has 0 radical (unpaired) electrons. The molecule has 0 bridgehead atoms. The second-order valence-electron chi connectivity index (χ2n) is 3.43. The Morgan fingerprint density at radius 1 is 1.31 bits per heavy atom. The zero-order valence-corrected chi connectivity index (χ0v) is 7.40. The van der Waals surface area contributed by atoms with Crippen LogP contribution >= 0.6 is 0 Å². The van der Waals surface area contributed by atoms with Crippen LogP contribution in [-0.2, 0) is 9.59 Å². The van der Waals surface area contributed by atoms with Crippen molar-refractivity contribution in [1.82, 2.24) is 0 Å². The fourth-order valence-electron chi connectivity index (χ4n) is 1.73. The maximum atomic E-state index is 11.1. The van der Waals surface area contributed by atoms with Gasteiger partial charge in [0.05, 0.1) is 0 Å². The molecule has 0 aromatic carbocycles. The van der Waals surface area contributed by atoms with Crippen molar-refractivity contribution < 1.29 is 19.8 Å². The largest absolute Gasteiger partial charge is 0.388 e. The molecule has 0 aromatic rings. The summed E-state index contributed by atoms with van der Waals surface area (Å²) in [5.74, 6) is -1.81. The number of aliphatic hydroxyl groups excluding tert-OH is 2. The molecule has 1 atom stereocenters. The lowest BCUT2D eigenvalue weighted by atomic mass is 9.96. The second-order valence-corrected chi connectivity index (χ2v) is 3.43. The smallest absolute Gasteiger partial charge is 0.229 e. The van der Waals surface area contributed by atoms with Gasteiger partial charge in [-0.25, -0.2) is 0 Å². The van der Waals surface area contributed by atoms with Crippen LogP contribution in [0.4, 0.5) is 0 Å². The first-order valence-corrected chi connectivity index (χ1v) is 4.52. The van der Waals surface area contributed by atoms with Crippen LogP contribution in [0.15, 0.2) is 0 Å². The first kappa shape index (κ1) is 10.3. The lowest BCUT2D eigenvalue weighted by molar-refractivity contribution is -0.144. The second kappa shape index (κ2) is 4.48. The Balaban J connectivity index is 2.50. The third kappa shape index (κ3) is 2.35. The average molecular weight is 186 g/mol. The topological polar surface area (TPSA) is 74.6 Å². The Bertz CT molecular complexity index is 206. The van der Waals surface area contributed by atoms with Gasteiger partial charge in [-0.1, -0.05) is 12.8 Å². The Hall–Kier alpha value is -0.740. The maximum Gasteiger partial charge on any atom is 0.229 e. The van der Waals surface area contributed by atoms with Crippen LogP contribution in [0.25, 0.3) is 0 Å². The summed E-state index contributed by atoms with van der Waals surface area (Å²) >= 11 is 0. The van der Waals surface area contributed by atoms with Crippen molar-refractivity contribution in [3.05, 3.63) is 0 Å². The van der Waals surface area contributed by atoms with Gasteiger partial charge in [-0.2, -0.15) is 0 Å². The lowest BCUT2D eigenvalue weighted by Gasteiger charge is -2.14. The predicted octanol–water partition coefficient (Wildman–Crippen LogP) is -0.332. The molecule has 74 valence electrons. The maximum absolute atomic E-state index is 11.1. The summed E-state index contributed by atoms with van der Waals surface area (Å²) in [4.78, 5) is 21.9. The quantitative estimate of drug-likeness (QED) is 0.589. The van der Waals surface area contributed by atoms with E-state index >= 15 is 0 Å². The molecule has 0 heterocycles. The molecule has 1 aliphatic carbocycles. The highest BCUT2D eigenvalue weighted by atomic mass is 16.3. The standard InChI is InChI=1S/C9H14O4/c10-5-7(11)9(13)8(12)6-3-1-2-4-6/h6,8,10,12H,1-5H2. The molecule has 0 aromatic heterocycles. The molecule has 2 N–H and O–H groups in total. The number of hydrogen-bond donors (Lipinski definition) is 2. The van der Waals surface area contributed by atoms with Crippen LogP contribution < -0.4 is 0 Å². The van der Waals surface area contributed by atoms with Crippen LogP contribution in [-0.4, -0.2) is 34.5 Å². The summed E-state index contributed by atoms with van der Waals surface area (Å²) in [6.45, 7) is -0.803. The molecule has 1 saturated carbocycles. The Morgan fingerprint density at radius 3 is 2.31 bits per heavy atom. The number of rotatable bonds is 4. The van der Waals surface area contributed by atoms with Crippen molar-refractivity contribution in [2.45, 2.75) is 31.8 Å². The van der Waals surface area contributed by atoms with Gasteiger partial charge in [-0.15, -0.1) is 0 Å². The van der Waals surface area contributed by atoms with Gasteiger partial charge >= 0.3 is 0 Å². The monoisotopic (exact) mass is 186 g/mol. The van der Waals surface area contributed by atoms with E-state index in [0.29, 0.717) is 0 Å². The van der Waals surface area contributed by atoms with Crippen molar-refractivity contribution in [2.75, 3.05) is 6.61 Å². The van der Waals surface area contributed by atoms with Crippen LogP contribution in [0.5, 0.6) is 0 Å². The van der Waals surface area contributed by atoms with E-state index in [2.05, 4.69) is 0 Å². The fraction of sp³-hybridized carbons (Fsp3) is 0.778. The third-order valence-electron chi connectivity index (χ3n) is 2.53. The van der Waals surface area contributed by atoms with E-state index in [9.17, 15) is 14.7 Å². The predicted molar refractivity (Wildman–Crippen MR) is 45.1 cm³/mol. The van der Waals surface area contributed by atoms with Crippen LogP contribution in [0.3, 0.4) is 0 Å². The molecule has 1 unspecified atom stereocenters. The van der Waals surface area contributed by atoms with Crippen molar-refractivity contribution in [3.8, 4) is 0 Å². The van der Waals surface area contributed by atoms with Crippen molar-refractivity contribution in [1.29, 1.82) is 0 Å². The van der Waals surface area contributed by atoms with Gasteiger partial charge in [0, 0.05) is 0 Å². The molecule has 13 heavy (non-hydrogen) atoms. The number of carbonyl (C=O) groups is 2. The first-order chi connectivity index (χ1) is 6.16. The zero-order chi connectivity index (χ0) is 9.84. The number of Topliss-reactive ketones (excluding diaryl/α,β-unsaturated/α-hetero) is 2. The first-order valence-electron chi connectivity index (χ1n) is 4.52. The molecule has 0 aliphatic heterocycles. The number of aliphatic hydroxyl groups is 2. The minimum absolute atomic E-state index is 0.0806. The van der Waals surface area contributed by atoms with E-state index in [4.69, 9.17) is 5.11 Å². The van der Waals surface area contributed by atoms with E-state index < -0.39 is 24.3 Å². The zero-order valence-electron chi connectivity index (χ0n) is 7.40. The average Bonchev–Trinajstić information content (AvgIpc) is 2.67. The molecule has 0 amide bonds. The highest BCUT2D eigenvalue weighted by molar-refractivity contribution is 6.39. The third-order valence-corrected chi connectivity index (χ3v) is 2.53. The molecular weight excluding hydrogens is 172 g/mol. The SMILES string of the molecule is O=C(CO)C(=O)C(O)C1CCCC1. The van der Waals surface area contributed by atoms with Gasteiger partial charge in [-0.3, -0.25) is 9.59 Å². The molecular formula is C9H14O4. The van der Waals surface area contributed by atoms with Crippen molar-refractivity contribution >= 4 is 11.6 Å². The summed E-state index contributed by atoms with van der Waals surface area (Å²) < 4.78 is 0. The minimum Gasteiger partial charge on any atom is -0.388 e. The number of hydrogen-bond acceptors (Lipinski definition) is 4. The van der Waals surface area contributed by atoms with E-state index in [-0.39, 0.29) is 5.92 Å². The van der Waals surface area contributed by atoms with Crippen LogP contribution in [0, 0.1) is 5.92 Å². The molecule has 4 heteroatoms. The fourth-order valence-corrected chi connectivity index (χ4v) is 1.73. The Morgan fingerprint density at radius 2 is 1.85 bits per heavy atom. The molecule has 0 spiro atoms. The summed E-state index contributed by atoms with van der Waals surface area (Å²) in [5.41, 5.74) is 0. The molecule has 4 nitrogen and oxygen atoms in total. The normalized spacial score (nSPS) is 20.2. The van der Waals surface area contributed by atoms with Gasteiger partial charge in [0.25, 0.3) is 0 Å². The summed E-state index contributed by atoms with van der Waals surface area (Å²) in [6.07, 6.45) is 2.41. The van der Waals surface area contributed by atoms with Crippen LogP contribution in [0.2, 0.25) is 0 Å². The Kier molecular flexibility index (Phi) is 3.57. The van der Waals surface area contributed by atoms with Gasteiger partial charge in [0.2, 0.25) is 11.6 Å². The van der Waals surface area contributed by atoms with E-state index in [1.807, 2.05) is 0 Å². The summed E-state index contributed by atoms with van der Waals surface area (Å²) in [6, 6.07) is 0. The van der Waals surface area contributed by atoms with Gasteiger partial charge in [0.15, 0.2) is 0 Å². The minimum atomic E-state index is -1.19. The molecule has 1 aliphatic rings. The highest BCUT2D eigenvalue weighted by Gasteiger charge is 2.31. The summed E-state index contributed by atoms with van der Waals surface area (Å²) in [5, 5.41) is 17.9. The summed E-state index contributed by atoms with van der Waals surface area (Å²) in [7, 11) is 0. The lowest BCUT2D eigenvalue weighted by Crippen LogP contribution is -2.35. The molecule has 1 rings (SSSR count). The van der Waals surface area contributed by atoms with E-state index in [1.165, 1.54) is 0 Å². The van der Waals surface area contributed by atoms with Crippen LogP contribution in [0.1, 0.15) is 25.7 Å². The van der Waals surface area contributed by atoms with Gasteiger partial charge < -0.3 is 10.2 Å². The van der Waals surface area contributed by atoms with E-state index in [1.54, 1.807) is 0 Å². The van der Waals surface area contributed by atoms with Gasteiger partial charge in [0.1, 0.15) is 12.7 Å². The van der Waals surface area contributed by atoms with E-state index in [0.717, 1.165) is 25.7 Å². The Labute approximate surface area is 76.6 Å². The highest BCUT2D eigenvalue weighted by Crippen LogP contribution is 2.28. The molecule has 1 fully saturated rings.